The highest BCUT2D eigenvalue weighted by Gasteiger charge is 2.13. The van der Waals surface area contributed by atoms with Crippen LogP contribution in [0.2, 0.25) is 0 Å². The van der Waals surface area contributed by atoms with Crippen LogP contribution in [0.1, 0.15) is 5.69 Å². The largest absolute Gasteiger partial charge is 0.493 e. The normalized spacial score (nSPS) is 11.0. The summed E-state index contributed by atoms with van der Waals surface area (Å²) in [6.07, 6.45) is 5.77. The van der Waals surface area contributed by atoms with Crippen LogP contribution in [0.3, 0.4) is 0 Å². The summed E-state index contributed by atoms with van der Waals surface area (Å²) in [4.78, 5) is 17.8. The topological polar surface area (TPSA) is 70.0 Å². The summed E-state index contributed by atoms with van der Waals surface area (Å²) in [6.45, 7) is 0.480. The van der Waals surface area contributed by atoms with Gasteiger partial charge < -0.3 is 9.47 Å². The van der Waals surface area contributed by atoms with Crippen LogP contribution in [0.15, 0.2) is 79.4 Å². The summed E-state index contributed by atoms with van der Waals surface area (Å²) in [5.74, 6) is 1.28. The summed E-state index contributed by atoms with van der Waals surface area (Å²) in [7, 11) is 1.63. The number of aromatic nitrogens is 4. The summed E-state index contributed by atoms with van der Waals surface area (Å²) in [5, 5.41) is 2.02. The van der Waals surface area contributed by atoms with Crippen molar-refractivity contribution in [3.63, 3.8) is 0 Å². The molecule has 2 aromatic carbocycles. The number of nitrogens with zero attached hydrogens (tertiary/aromatic N) is 4. The minimum absolute atomic E-state index is 0.480. The molecule has 31 heavy (non-hydrogen) atoms. The molecular weight excluding hydrogens is 388 g/mol. The van der Waals surface area contributed by atoms with Gasteiger partial charge in [-0.1, -0.05) is 24.3 Å². The Balaban J connectivity index is 1.40. The quantitative estimate of drug-likeness (QED) is 0.399. The number of pyridine rings is 2. The van der Waals surface area contributed by atoms with Gasteiger partial charge in [0, 0.05) is 46.9 Å². The van der Waals surface area contributed by atoms with Crippen molar-refractivity contribution in [1.29, 1.82) is 0 Å². The first-order chi connectivity index (χ1) is 15.3. The molecule has 0 radical (unpaired) electrons. The first-order valence-corrected chi connectivity index (χ1v) is 10.0. The summed E-state index contributed by atoms with van der Waals surface area (Å²) in [5.41, 5.74) is 4.49. The van der Waals surface area contributed by atoms with Crippen LogP contribution in [-0.2, 0) is 6.42 Å². The average molecular weight is 408 g/mol. The lowest BCUT2D eigenvalue weighted by Crippen LogP contribution is -2.04. The molecule has 0 aliphatic rings. The number of benzene rings is 2. The van der Waals surface area contributed by atoms with Crippen molar-refractivity contribution in [3.05, 3.63) is 85.1 Å². The summed E-state index contributed by atoms with van der Waals surface area (Å²) >= 11 is 0. The molecule has 0 aliphatic carbocycles. The van der Waals surface area contributed by atoms with E-state index in [0.717, 1.165) is 38.8 Å². The molecule has 3 heterocycles. The Bertz CT molecular complexity index is 1360. The molecule has 3 aromatic heterocycles. The van der Waals surface area contributed by atoms with Gasteiger partial charge in [-0.15, -0.1) is 0 Å². The van der Waals surface area contributed by atoms with Crippen molar-refractivity contribution in [1.82, 2.24) is 19.9 Å². The summed E-state index contributed by atoms with van der Waals surface area (Å²) in [6, 6.07) is 19.9. The van der Waals surface area contributed by atoms with Crippen molar-refractivity contribution in [2.45, 2.75) is 6.42 Å². The van der Waals surface area contributed by atoms with Crippen LogP contribution < -0.4 is 9.47 Å². The third-order valence-electron chi connectivity index (χ3n) is 5.13. The highest BCUT2D eigenvalue weighted by atomic mass is 16.5. The minimum Gasteiger partial charge on any atom is -0.493 e. The van der Waals surface area contributed by atoms with E-state index in [9.17, 15) is 0 Å². The second-order valence-corrected chi connectivity index (χ2v) is 7.08. The van der Waals surface area contributed by atoms with Crippen molar-refractivity contribution in [2.24, 2.45) is 0 Å². The molecule has 0 saturated carbocycles. The Morgan fingerprint density at radius 3 is 2.68 bits per heavy atom. The van der Waals surface area contributed by atoms with Crippen molar-refractivity contribution < 1.29 is 9.47 Å². The zero-order valence-electron chi connectivity index (χ0n) is 17.0. The van der Waals surface area contributed by atoms with E-state index in [1.54, 1.807) is 25.8 Å². The number of para-hydroxylation sites is 1. The molecular formula is C25H20N4O2. The van der Waals surface area contributed by atoms with E-state index in [4.69, 9.17) is 14.5 Å². The molecule has 0 unspecified atom stereocenters. The number of rotatable bonds is 6. The van der Waals surface area contributed by atoms with Crippen molar-refractivity contribution in [3.8, 4) is 22.8 Å². The van der Waals surface area contributed by atoms with Gasteiger partial charge in [-0.25, -0.2) is 9.97 Å². The standard InChI is InChI=1S/C25H20N4O2/c1-30-23-13-20-22(27-16-28-25(20)18-6-4-11-26-15-18)14-24(23)31-12-10-19-9-8-17-5-2-3-7-21(17)29-19/h2-9,11,13-16H,10,12H2,1H3. The van der Waals surface area contributed by atoms with Gasteiger partial charge in [0.1, 0.15) is 6.33 Å². The predicted molar refractivity (Wildman–Crippen MR) is 120 cm³/mol. The van der Waals surface area contributed by atoms with E-state index in [1.165, 1.54) is 0 Å². The fourth-order valence-corrected chi connectivity index (χ4v) is 3.58. The Labute approximate surface area is 179 Å². The maximum atomic E-state index is 6.06. The zero-order valence-corrected chi connectivity index (χ0v) is 17.0. The van der Waals surface area contributed by atoms with Crippen LogP contribution >= 0.6 is 0 Å². The fourth-order valence-electron chi connectivity index (χ4n) is 3.58. The number of hydrogen-bond acceptors (Lipinski definition) is 6. The Morgan fingerprint density at radius 1 is 0.871 bits per heavy atom. The van der Waals surface area contributed by atoms with Crippen LogP contribution in [0.4, 0.5) is 0 Å². The van der Waals surface area contributed by atoms with Gasteiger partial charge in [-0.05, 0) is 30.3 Å². The highest BCUT2D eigenvalue weighted by molar-refractivity contribution is 5.94. The van der Waals surface area contributed by atoms with Crippen LogP contribution in [0.5, 0.6) is 11.5 Å². The van der Waals surface area contributed by atoms with Crippen molar-refractivity contribution in [2.75, 3.05) is 13.7 Å². The Morgan fingerprint density at radius 2 is 1.81 bits per heavy atom. The van der Waals surface area contributed by atoms with Gasteiger partial charge in [0.15, 0.2) is 11.5 Å². The lowest BCUT2D eigenvalue weighted by molar-refractivity contribution is 0.297. The first-order valence-electron chi connectivity index (χ1n) is 10.0. The molecule has 0 saturated heterocycles. The maximum absolute atomic E-state index is 6.06. The number of hydrogen-bond donors (Lipinski definition) is 0. The first kappa shape index (κ1) is 18.9. The molecule has 5 rings (SSSR count). The van der Waals surface area contributed by atoms with E-state index < -0.39 is 0 Å². The predicted octanol–water partition coefficient (Wildman–Crippen LogP) is 4.87. The minimum atomic E-state index is 0.480. The lowest BCUT2D eigenvalue weighted by Gasteiger charge is -2.13. The Kier molecular flexibility index (Phi) is 5.10. The lowest BCUT2D eigenvalue weighted by atomic mass is 10.1. The third kappa shape index (κ3) is 3.88. The number of methoxy groups -OCH3 is 1. The smallest absolute Gasteiger partial charge is 0.163 e. The van der Waals surface area contributed by atoms with Crippen LogP contribution in [0, 0.1) is 0 Å². The van der Waals surface area contributed by atoms with Gasteiger partial charge in [0.25, 0.3) is 0 Å². The molecule has 0 N–H and O–H groups in total. The molecule has 6 nitrogen and oxygen atoms in total. The molecule has 0 atom stereocenters. The molecule has 0 aliphatic heterocycles. The van der Waals surface area contributed by atoms with Crippen molar-refractivity contribution >= 4 is 21.8 Å². The Hall–Kier alpha value is -4.06. The number of ether oxygens (including phenoxy) is 2. The molecule has 0 fully saturated rings. The third-order valence-corrected chi connectivity index (χ3v) is 5.13. The maximum Gasteiger partial charge on any atom is 0.163 e. The highest BCUT2D eigenvalue weighted by Crippen LogP contribution is 2.35. The van der Waals surface area contributed by atoms with E-state index in [2.05, 4.69) is 27.1 Å². The van der Waals surface area contributed by atoms with E-state index in [0.29, 0.717) is 24.5 Å². The monoisotopic (exact) mass is 408 g/mol. The molecule has 152 valence electrons. The molecule has 0 amide bonds. The SMILES string of the molecule is COc1cc2c(-c3cccnc3)ncnc2cc1OCCc1ccc2ccccc2n1. The van der Waals surface area contributed by atoms with E-state index in [1.807, 2.05) is 48.5 Å². The molecule has 0 spiro atoms. The van der Waals surface area contributed by atoms with E-state index in [-0.39, 0.29) is 0 Å². The average Bonchev–Trinajstić information content (AvgIpc) is 2.83. The number of fused-ring (bicyclic) bond motifs is 2. The zero-order chi connectivity index (χ0) is 21.0. The van der Waals surface area contributed by atoms with Gasteiger partial charge in [0.05, 0.1) is 30.4 Å². The molecule has 6 heteroatoms. The van der Waals surface area contributed by atoms with Crippen LogP contribution in [-0.4, -0.2) is 33.7 Å². The fraction of sp³-hybridized carbons (Fsp3) is 0.120. The second kappa shape index (κ2) is 8.36. The molecule has 0 bridgehead atoms. The molecule has 5 aromatic rings. The summed E-state index contributed by atoms with van der Waals surface area (Å²) < 4.78 is 11.7. The van der Waals surface area contributed by atoms with Gasteiger partial charge >= 0.3 is 0 Å². The second-order valence-electron chi connectivity index (χ2n) is 7.08. The van der Waals surface area contributed by atoms with Crippen LogP contribution in [0.25, 0.3) is 33.1 Å². The van der Waals surface area contributed by atoms with E-state index >= 15 is 0 Å². The van der Waals surface area contributed by atoms with Gasteiger partial charge in [-0.2, -0.15) is 0 Å². The van der Waals surface area contributed by atoms with Gasteiger partial charge in [0.2, 0.25) is 0 Å². The van der Waals surface area contributed by atoms with Gasteiger partial charge in [-0.3, -0.25) is 9.97 Å².